The van der Waals surface area contributed by atoms with Crippen molar-refractivity contribution in [2.45, 2.75) is 72.1 Å². The first-order valence-corrected chi connectivity index (χ1v) is 9.80. The monoisotopic (exact) mass is 393 g/mol. The Labute approximate surface area is 165 Å². The Hall–Kier alpha value is -2.35. The summed E-state index contributed by atoms with van der Waals surface area (Å²) in [7, 11) is 0. The predicted molar refractivity (Wildman–Crippen MR) is 104 cm³/mol. The molecule has 1 aromatic heterocycles. The molecule has 3 N–H and O–H groups in total. The number of hydrogen-bond acceptors (Lipinski definition) is 6. The Bertz CT molecular complexity index is 733. The number of aromatic amines is 1. The Balaban J connectivity index is 2.24. The summed E-state index contributed by atoms with van der Waals surface area (Å²) in [6, 6.07) is 0.0736. The van der Waals surface area contributed by atoms with Gasteiger partial charge in [-0.05, 0) is 46.1 Å². The summed E-state index contributed by atoms with van der Waals surface area (Å²) < 4.78 is 10.7. The number of H-pyrrole nitrogens is 1. The Kier molecular flexibility index (Phi) is 7.23. The number of rotatable bonds is 8. The number of aromatic nitrogens is 1. The van der Waals surface area contributed by atoms with E-state index in [4.69, 9.17) is 9.47 Å². The quantitative estimate of drug-likeness (QED) is 0.584. The fourth-order valence-corrected chi connectivity index (χ4v) is 3.24. The molecule has 28 heavy (non-hydrogen) atoms. The van der Waals surface area contributed by atoms with Gasteiger partial charge in [0, 0.05) is 31.2 Å². The van der Waals surface area contributed by atoms with Crippen LogP contribution < -0.4 is 10.6 Å². The molecule has 0 bridgehead atoms. The van der Waals surface area contributed by atoms with E-state index in [1.807, 2.05) is 6.92 Å². The minimum atomic E-state index is -0.642. The Morgan fingerprint density at radius 3 is 2.46 bits per heavy atom. The maximum atomic E-state index is 12.6. The van der Waals surface area contributed by atoms with E-state index < -0.39 is 17.5 Å². The van der Waals surface area contributed by atoms with Crippen LogP contribution in [0.15, 0.2) is 0 Å². The SMILES string of the molecule is CCOC(=O)c1c(CNCC2CCC(=O)N2)[nH]c(C(=O)OC(C)(C)C)c1CC. The highest BCUT2D eigenvalue weighted by Gasteiger charge is 2.29. The maximum Gasteiger partial charge on any atom is 0.355 e. The van der Waals surface area contributed by atoms with E-state index in [2.05, 4.69) is 15.6 Å². The molecule has 156 valence electrons. The van der Waals surface area contributed by atoms with Crippen LogP contribution >= 0.6 is 0 Å². The standard InChI is InChI=1S/C20H31N3O5/c1-6-13-16(18(25)27-7-2)14(11-21-10-12-8-9-15(24)22-12)23-17(13)19(26)28-20(3,4)5/h12,21,23H,6-11H2,1-5H3,(H,22,24). The molecule has 1 aliphatic rings. The lowest BCUT2D eigenvalue weighted by Gasteiger charge is -2.19. The van der Waals surface area contributed by atoms with Gasteiger partial charge in [-0.15, -0.1) is 0 Å². The molecule has 2 rings (SSSR count). The molecule has 1 unspecified atom stereocenters. The van der Waals surface area contributed by atoms with Crippen molar-refractivity contribution in [2.24, 2.45) is 0 Å². The number of amides is 1. The largest absolute Gasteiger partial charge is 0.462 e. The van der Waals surface area contributed by atoms with Gasteiger partial charge in [0.2, 0.25) is 5.91 Å². The molecule has 1 saturated heterocycles. The molecule has 0 saturated carbocycles. The summed E-state index contributed by atoms with van der Waals surface area (Å²) in [5, 5.41) is 6.14. The topological polar surface area (TPSA) is 110 Å². The second kappa shape index (κ2) is 9.23. The zero-order valence-electron chi connectivity index (χ0n) is 17.4. The van der Waals surface area contributed by atoms with Crippen molar-refractivity contribution in [1.82, 2.24) is 15.6 Å². The van der Waals surface area contributed by atoms with Crippen LogP contribution in [0.3, 0.4) is 0 Å². The predicted octanol–water partition coefficient (Wildman–Crippen LogP) is 2.08. The lowest BCUT2D eigenvalue weighted by atomic mass is 10.1. The molecule has 0 spiro atoms. The van der Waals surface area contributed by atoms with E-state index in [0.717, 1.165) is 6.42 Å². The van der Waals surface area contributed by atoms with Gasteiger partial charge in [0.1, 0.15) is 11.3 Å². The van der Waals surface area contributed by atoms with Crippen molar-refractivity contribution < 1.29 is 23.9 Å². The third-order valence-electron chi connectivity index (χ3n) is 4.39. The van der Waals surface area contributed by atoms with Gasteiger partial charge in [-0.1, -0.05) is 6.92 Å². The van der Waals surface area contributed by atoms with Crippen LogP contribution in [0, 0.1) is 0 Å². The molecule has 1 amide bonds. The Morgan fingerprint density at radius 1 is 1.21 bits per heavy atom. The van der Waals surface area contributed by atoms with Crippen LogP contribution in [0.25, 0.3) is 0 Å². The van der Waals surface area contributed by atoms with E-state index in [9.17, 15) is 14.4 Å². The highest BCUT2D eigenvalue weighted by atomic mass is 16.6. The smallest absolute Gasteiger partial charge is 0.355 e. The van der Waals surface area contributed by atoms with Gasteiger partial charge in [-0.2, -0.15) is 0 Å². The van der Waals surface area contributed by atoms with Gasteiger partial charge >= 0.3 is 11.9 Å². The molecule has 1 aliphatic heterocycles. The third-order valence-corrected chi connectivity index (χ3v) is 4.39. The van der Waals surface area contributed by atoms with E-state index in [1.165, 1.54) is 0 Å². The lowest BCUT2D eigenvalue weighted by molar-refractivity contribution is -0.119. The molecular weight excluding hydrogens is 362 g/mol. The highest BCUT2D eigenvalue weighted by molar-refractivity contribution is 5.99. The van der Waals surface area contributed by atoms with Crippen LogP contribution in [0.1, 0.15) is 79.6 Å². The summed E-state index contributed by atoms with van der Waals surface area (Å²) in [6.07, 6.45) is 1.80. The molecule has 2 heterocycles. The van der Waals surface area contributed by atoms with Crippen LogP contribution in [0.4, 0.5) is 0 Å². The Morgan fingerprint density at radius 2 is 1.93 bits per heavy atom. The van der Waals surface area contributed by atoms with Crippen LogP contribution in [0.5, 0.6) is 0 Å². The number of carbonyl (C=O) groups excluding carboxylic acids is 3. The minimum Gasteiger partial charge on any atom is -0.462 e. The van der Waals surface area contributed by atoms with Crippen LogP contribution in [0.2, 0.25) is 0 Å². The molecule has 0 aliphatic carbocycles. The van der Waals surface area contributed by atoms with Crippen molar-refractivity contribution in [3.8, 4) is 0 Å². The number of carbonyl (C=O) groups is 3. The highest BCUT2D eigenvalue weighted by Crippen LogP contribution is 2.24. The lowest BCUT2D eigenvalue weighted by Crippen LogP contribution is -2.35. The fourth-order valence-electron chi connectivity index (χ4n) is 3.24. The first kappa shape index (κ1) is 21.9. The van der Waals surface area contributed by atoms with Crippen molar-refractivity contribution >= 4 is 17.8 Å². The van der Waals surface area contributed by atoms with Crippen molar-refractivity contribution in [1.29, 1.82) is 0 Å². The summed E-state index contributed by atoms with van der Waals surface area (Å²) in [5.74, 6) is -0.903. The average molecular weight is 393 g/mol. The maximum absolute atomic E-state index is 12.6. The number of hydrogen-bond donors (Lipinski definition) is 3. The van der Waals surface area contributed by atoms with Crippen molar-refractivity contribution in [3.05, 3.63) is 22.5 Å². The number of ether oxygens (including phenoxy) is 2. The third kappa shape index (κ3) is 5.58. The normalized spacial score (nSPS) is 16.8. The van der Waals surface area contributed by atoms with Crippen molar-refractivity contribution in [2.75, 3.05) is 13.2 Å². The molecule has 1 aromatic rings. The summed E-state index contributed by atoms with van der Waals surface area (Å²) in [6.45, 7) is 10.2. The summed E-state index contributed by atoms with van der Waals surface area (Å²) >= 11 is 0. The molecule has 8 nitrogen and oxygen atoms in total. The average Bonchev–Trinajstić information content (AvgIpc) is 3.17. The van der Waals surface area contributed by atoms with E-state index in [1.54, 1.807) is 27.7 Å². The molecule has 0 radical (unpaired) electrons. The first-order valence-electron chi connectivity index (χ1n) is 9.80. The second-order valence-corrected chi connectivity index (χ2v) is 7.84. The van der Waals surface area contributed by atoms with E-state index in [0.29, 0.717) is 42.8 Å². The minimum absolute atomic E-state index is 0.0550. The zero-order valence-corrected chi connectivity index (χ0v) is 17.4. The van der Waals surface area contributed by atoms with Gasteiger partial charge in [-0.25, -0.2) is 9.59 Å². The van der Waals surface area contributed by atoms with Crippen molar-refractivity contribution in [3.63, 3.8) is 0 Å². The molecular formula is C20H31N3O5. The second-order valence-electron chi connectivity index (χ2n) is 7.84. The number of esters is 2. The summed E-state index contributed by atoms with van der Waals surface area (Å²) in [4.78, 5) is 39.6. The van der Waals surface area contributed by atoms with Gasteiger partial charge in [0.05, 0.1) is 12.2 Å². The van der Waals surface area contributed by atoms with Crippen LogP contribution in [-0.2, 0) is 27.2 Å². The van der Waals surface area contributed by atoms with E-state index >= 15 is 0 Å². The zero-order chi connectivity index (χ0) is 20.9. The fraction of sp³-hybridized carbons (Fsp3) is 0.650. The van der Waals surface area contributed by atoms with Gasteiger partial charge in [0.15, 0.2) is 0 Å². The van der Waals surface area contributed by atoms with Crippen LogP contribution in [-0.4, -0.2) is 47.6 Å². The van der Waals surface area contributed by atoms with E-state index in [-0.39, 0.29) is 24.2 Å². The molecule has 1 atom stereocenters. The van der Waals surface area contributed by atoms with Gasteiger partial charge in [0.25, 0.3) is 0 Å². The number of nitrogens with one attached hydrogen (secondary N) is 3. The molecule has 0 aromatic carbocycles. The molecule has 1 fully saturated rings. The van der Waals surface area contributed by atoms with Gasteiger partial charge < -0.3 is 25.1 Å². The molecule has 8 heteroatoms. The van der Waals surface area contributed by atoms with Gasteiger partial charge in [-0.3, -0.25) is 4.79 Å². The first-order chi connectivity index (χ1) is 13.2. The summed E-state index contributed by atoms with van der Waals surface area (Å²) in [5.41, 5.74) is 1.20.